The van der Waals surface area contributed by atoms with Crippen molar-refractivity contribution in [3.8, 4) is 0 Å². The van der Waals surface area contributed by atoms with Gasteiger partial charge in [-0.25, -0.2) is 0 Å². The summed E-state index contributed by atoms with van der Waals surface area (Å²) in [5.41, 5.74) is 0. The summed E-state index contributed by atoms with van der Waals surface area (Å²) in [4.78, 5) is 0. The zero-order valence-electron chi connectivity index (χ0n) is 19.5. The molecule has 0 aliphatic carbocycles. The van der Waals surface area contributed by atoms with Gasteiger partial charge >= 0.3 is 0 Å². The molecule has 0 amide bonds. The van der Waals surface area contributed by atoms with Gasteiger partial charge < -0.3 is 5.11 Å². The molecule has 0 heterocycles. The van der Waals surface area contributed by atoms with Gasteiger partial charge in [-0.05, 0) is 18.3 Å². The second-order valence-corrected chi connectivity index (χ2v) is 9.42. The standard InChI is InChI=1S/C26H54O/c1-4-5-6-7-8-12-15-18-21-25(2)22-19-16-13-10-9-11-14-17-20-23-26(3)24-27/h25-27H,4-24H2,1-3H3/t25-,26-/m1/s1. The van der Waals surface area contributed by atoms with Crippen LogP contribution in [-0.2, 0) is 0 Å². The van der Waals surface area contributed by atoms with E-state index >= 15 is 0 Å². The van der Waals surface area contributed by atoms with Gasteiger partial charge in [0.15, 0.2) is 0 Å². The summed E-state index contributed by atoms with van der Waals surface area (Å²) in [5, 5.41) is 9.01. The van der Waals surface area contributed by atoms with E-state index in [9.17, 15) is 0 Å². The number of rotatable bonds is 22. The predicted molar refractivity (Wildman–Crippen MR) is 123 cm³/mol. The van der Waals surface area contributed by atoms with E-state index in [1.807, 2.05) is 0 Å². The smallest absolute Gasteiger partial charge is 0.0456 e. The third-order valence-electron chi connectivity index (χ3n) is 6.26. The van der Waals surface area contributed by atoms with Crippen molar-refractivity contribution in [3.05, 3.63) is 0 Å². The summed E-state index contributed by atoms with van der Waals surface area (Å²) in [6.07, 6.45) is 28.4. The lowest BCUT2D eigenvalue weighted by Crippen LogP contribution is -1.99. The van der Waals surface area contributed by atoms with Gasteiger partial charge in [0.1, 0.15) is 0 Å². The molecule has 164 valence electrons. The fraction of sp³-hybridized carbons (Fsp3) is 1.00. The normalized spacial score (nSPS) is 13.8. The van der Waals surface area contributed by atoms with Gasteiger partial charge in [-0.2, -0.15) is 0 Å². The minimum atomic E-state index is 0.359. The third-order valence-corrected chi connectivity index (χ3v) is 6.26. The van der Waals surface area contributed by atoms with Crippen LogP contribution in [0.2, 0.25) is 0 Å². The molecule has 1 N–H and O–H groups in total. The van der Waals surface area contributed by atoms with Crippen LogP contribution in [0.1, 0.15) is 149 Å². The molecule has 0 aliphatic rings. The van der Waals surface area contributed by atoms with Crippen LogP contribution in [0.5, 0.6) is 0 Å². The highest BCUT2D eigenvalue weighted by molar-refractivity contribution is 4.56. The number of hydrogen-bond acceptors (Lipinski definition) is 1. The highest BCUT2D eigenvalue weighted by Crippen LogP contribution is 2.19. The van der Waals surface area contributed by atoms with Crippen LogP contribution in [0.4, 0.5) is 0 Å². The Morgan fingerprint density at radius 1 is 0.444 bits per heavy atom. The van der Waals surface area contributed by atoms with E-state index in [4.69, 9.17) is 5.11 Å². The zero-order valence-corrected chi connectivity index (χ0v) is 19.5. The number of unbranched alkanes of at least 4 members (excludes halogenated alkanes) is 15. The van der Waals surface area contributed by atoms with E-state index in [1.54, 1.807) is 0 Å². The van der Waals surface area contributed by atoms with Crippen LogP contribution in [0.25, 0.3) is 0 Å². The van der Waals surface area contributed by atoms with Crippen molar-refractivity contribution in [2.45, 2.75) is 149 Å². The number of aliphatic hydroxyl groups is 1. The second kappa shape index (κ2) is 22.3. The fourth-order valence-corrected chi connectivity index (χ4v) is 4.09. The summed E-state index contributed by atoms with van der Waals surface area (Å²) in [6.45, 7) is 7.28. The summed E-state index contributed by atoms with van der Waals surface area (Å²) in [5.74, 6) is 1.45. The molecule has 2 atom stereocenters. The average molecular weight is 383 g/mol. The Hall–Kier alpha value is -0.0400. The molecule has 1 nitrogen and oxygen atoms in total. The Bertz CT molecular complexity index is 263. The van der Waals surface area contributed by atoms with E-state index in [1.165, 1.54) is 128 Å². The molecule has 1 heteroatoms. The van der Waals surface area contributed by atoms with Gasteiger partial charge in [-0.15, -0.1) is 0 Å². The maximum Gasteiger partial charge on any atom is 0.0456 e. The third kappa shape index (κ3) is 22.1. The quantitative estimate of drug-likeness (QED) is 0.185. The number of hydrogen-bond donors (Lipinski definition) is 1. The van der Waals surface area contributed by atoms with Crippen molar-refractivity contribution < 1.29 is 5.11 Å². The SMILES string of the molecule is CCCCCCCCCC[C@@H](C)CCCCCCCCCCC[C@@H](C)CO. The van der Waals surface area contributed by atoms with Crippen molar-refractivity contribution >= 4 is 0 Å². The molecule has 0 rings (SSSR count). The van der Waals surface area contributed by atoms with E-state index in [0.717, 1.165) is 5.92 Å². The van der Waals surface area contributed by atoms with Crippen LogP contribution < -0.4 is 0 Å². The Morgan fingerprint density at radius 2 is 0.741 bits per heavy atom. The molecule has 0 saturated heterocycles. The van der Waals surface area contributed by atoms with E-state index in [2.05, 4.69) is 20.8 Å². The predicted octanol–water partition coefficient (Wildman–Crippen LogP) is 9.07. The van der Waals surface area contributed by atoms with Crippen molar-refractivity contribution in [2.24, 2.45) is 11.8 Å². The minimum absolute atomic E-state index is 0.359. The maximum atomic E-state index is 9.01. The first-order valence-electron chi connectivity index (χ1n) is 12.8. The molecule has 0 saturated carbocycles. The Labute approximate surface area is 173 Å². The second-order valence-electron chi connectivity index (χ2n) is 9.42. The van der Waals surface area contributed by atoms with Gasteiger partial charge in [0.2, 0.25) is 0 Å². The average Bonchev–Trinajstić information content (AvgIpc) is 2.67. The Balaban J connectivity index is 3.15. The monoisotopic (exact) mass is 382 g/mol. The molecule has 0 fully saturated rings. The molecular formula is C26H54O. The molecule has 0 aromatic rings. The molecule has 0 aromatic carbocycles. The molecule has 0 unspecified atom stereocenters. The highest BCUT2D eigenvalue weighted by Gasteiger charge is 2.02. The summed E-state index contributed by atoms with van der Waals surface area (Å²) < 4.78 is 0. The molecule has 0 radical (unpaired) electrons. The van der Waals surface area contributed by atoms with Crippen molar-refractivity contribution in [2.75, 3.05) is 6.61 Å². The first-order valence-corrected chi connectivity index (χ1v) is 12.8. The minimum Gasteiger partial charge on any atom is -0.396 e. The van der Waals surface area contributed by atoms with Gasteiger partial charge in [-0.3, -0.25) is 0 Å². The molecule has 0 aliphatic heterocycles. The van der Waals surface area contributed by atoms with Crippen molar-refractivity contribution in [3.63, 3.8) is 0 Å². The molecule has 27 heavy (non-hydrogen) atoms. The van der Waals surface area contributed by atoms with E-state index in [-0.39, 0.29) is 0 Å². The Morgan fingerprint density at radius 3 is 1.07 bits per heavy atom. The fourth-order valence-electron chi connectivity index (χ4n) is 4.09. The molecule has 0 spiro atoms. The highest BCUT2D eigenvalue weighted by atomic mass is 16.3. The topological polar surface area (TPSA) is 20.2 Å². The van der Waals surface area contributed by atoms with Crippen molar-refractivity contribution in [1.82, 2.24) is 0 Å². The van der Waals surface area contributed by atoms with Crippen LogP contribution in [0.3, 0.4) is 0 Å². The van der Waals surface area contributed by atoms with Crippen LogP contribution in [0, 0.1) is 11.8 Å². The largest absolute Gasteiger partial charge is 0.396 e. The van der Waals surface area contributed by atoms with Gasteiger partial charge in [-0.1, -0.05) is 143 Å². The van der Waals surface area contributed by atoms with Gasteiger partial charge in [0.25, 0.3) is 0 Å². The van der Waals surface area contributed by atoms with Crippen molar-refractivity contribution in [1.29, 1.82) is 0 Å². The lowest BCUT2D eigenvalue weighted by atomic mass is 9.95. The zero-order chi connectivity index (χ0) is 20.0. The molecule has 0 bridgehead atoms. The van der Waals surface area contributed by atoms with Crippen LogP contribution in [-0.4, -0.2) is 11.7 Å². The first-order chi connectivity index (χ1) is 13.2. The molecule has 0 aromatic heterocycles. The Kier molecular flexibility index (Phi) is 22.2. The van der Waals surface area contributed by atoms with E-state index < -0.39 is 0 Å². The lowest BCUT2D eigenvalue weighted by Gasteiger charge is -2.11. The van der Waals surface area contributed by atoms with E-state index in [0.29, 0.717) is 12.5 Å². The summed E-state index contributed by atoms with van der Waals surface area (Å²) >= 11 is 0. The van der Waals surface area contributed by atoms with Gasteiger partial charge in [0, 0.05) is 6.61 Å². The first kappa shape index (κ1) is 27.0. The summed E-state index contributed by atoms with van der Waals surface area (Å²) in [6, 6.07) is 0. The maximum absolute atomic E-state index is 9.01. The number of aliphatic hydroxyl groups excluding tert-OH is 1. The van der Waals surface area contributed by atoms with Gasteiger partial charge in [0.05, 0.1) is 0 Å². The molecular weight excluding hydrogens is 328 g/mol. The lowest BCUT2D eigenvalue weighted by molar-refractivity contribution is 0.227. The van der Waals surface area contributed by atoms with Crippen LogP contribution >= 0.6 is 0 Å². The van der Waals surface area contributed by atoms with Crippen LogP contribution in [0.15, 0.2) is 0 Å². The summed E-state index contributed by atoms with van der Waals surface area (Å²) in [7, 11) is 0.